The number of amides is 1. The lowest BCUT2D eigenvalue weighted by atomic mass is 10.0. The molecule has 1 fully saturated rings. The Hall–Kier alpha value is -2.68. The number of hydrogen-bond donors (Lipinski definition) is 1. The van der Waals surface area contributed by atoms with Crippen LogP contribution in [0.1, 0.15) is 10.4 Å². The molecule has 1 aliphatic rings. The summed E-state index contributed by atoms with van der Waals surface area (Å²) in [6, 6.07) is 18.2. The van der Waals surface area contributed by atoms with Crippen LogP contribution in [0.4, 0.5) is 5.82 Å². The van der Waals surface area contributed by atoms with E-state index in [-0.39, 0.29) is 5.91 Å². The predicted octanol–water partition coefficient (Wildman–Crippen LogP) is 4.77. The van der Waals surface area contributed by atoms with E-state index in [4.69, 9.17) is 4.74 Å². The Kier molecular flexibility index (Phi) is 6.48. The van der Waals surface area contributed by atoms with Crippen LogP contribution in [-0.2, 0) is 0 Å². The first-order valence-electron chi connectivity index (χ1n) is 11.0. The van der Waals surface area contributed by atoms with Gasteiger partial charge in [0, 0.05) is 54.5 Å². The number of nitrogens with one attached hydrogen (secondary N) is 1. The maximum absolute atomic E-state index is 12.9. The molecule has 170 valence electrons. The van der Waals surface area contributed by atoms with E-state index in [0.717, 1.165) is 53.8 Å². The molecule has 1 aromatic heterocycles. The molecule has 1 saturated heterocycles. The number of nitrogens with zero attached hydrogens (tertiary/aromatic N) is 3. The quantitative estimate of drug-likeness (QED) is 0.393. The van der Waals surface area contributed by atoms with Crippen molar-refractivity contribution in [1.29, 1.82) is 0 Å². The number of halogens is 1. The molecule has 0 radical (unpaired) electrons. The SMILES string of the molecule is COc1c(C(=O)NCCN2CCN(c3nsc4ccccc34)CC2)cc(Br)c2ccccc12. The number of anilines is 1. The number of carbonyl (C=O) groups is 1. The number of methoxy groups -OCH3 is 1. The van der Waals surface area contributed by atoms with Gasteiger partial charge in [-0.3, -0.25) is 9.69 Å². The Morgan fingerprint density at radius 3 is 2.52 bits per heavy atom. The van der Waals surface area contributed by atoms with E-state index < -0.39 is 0 Å². The lowest BCUT2D eigenvalue weighted by molar-refractivity contribution is 0.0945. The Morgan fingerprint density at radius 1 is 1.06 bits per heavy atom. The number of benzene rings is 3. The Balaban J connectivity index is 1.18. The van der Waals surface area contributed by atoms with E-state index in [9.17, 15) is 4.79 Å². The molecule has 1 N–H and O–H groups in total. The summed E-state index contributed by atoms with van der Waals surface area (Å²) < 4.78 is 12.4. The van der Waals surface area contributed by atoms with Crippen LogP contribution in [0, 0.1) is 0 Å². The van der Waals surface area contributed by atoms with Gasteiger partial charge in [-0.25, -0.2) is 0 Å². The molecule has 0 spiro atoms. The van der Waals surface area contributed by atoms with E-state index in [2.05, 4.69) is 59.7 Å². The van der Waals surface area contributed by atoms with Crippen LogP contribution in [0.2, 0.25) is 0 Å². The second-order valence-corrected chi connectivity index (χ2v) is 9.73. The van der Waals surface area contributed by atoms with Crippen LogP contribution in [0.5, 0.6) is 5.75 Å². The number of ether oxygens (including phenoxy) is 1. The van der Waals surface area contributed by atoms with Gasteiger partial charge in [0.05, 0.1) is 17.4 Å². The summed E-state index contributed by atoms with van der Waals surface area (Å²) in [6.45, 7) is 5.18. The highest BCUT2D eigenvalue weighted by atomic mass is 79.9. The summed E-state index contributed by atoms with van der Waals surface area (Å²) in [5.41, 5.74) is 0.545. The highest BCUT2D eigenvalue weighted by molar-refractivity contribution is 9.10. The lowest BCUT2D eigenvalue weighted by Crippen LogP contribution is -2.48. The van der Waals surface area contributed by atoms with Crippen LogP contribution in [0.25, 0.3) is 20.9 Å². The molecule has 6 nitrogen and oxygen atoms in total. The number of hydrogen-bond acceptors (Lipinski definition) is 6. The van der Waals surface area contributed by atoms with Crippen molar-refractivity contribution in [3.8, 4) is 5.75 Å². The van der Waals surface area contributed by atoms with Crippen molar-refractivity contribution < 1.29 is 9.53 Å². The molecule has 3 aromatic carbocycles. The number of carbonyl (C=O) groups excluding carboxylic acids is 1. The average molecular weight is 525 g/mol. The fourth-order valence-corrected chi connectivity index (χ4v) is 5.77. The standard InChI is InChI=1S/C25H25BrN4O2S/c1-32-23-18-7-3-2-6-17(18)21(26)16-20(23)25(31)27-10-11-29-12-14-30(15-13-29)24-19-8-4-5-9-22(19)33-28-24/h2-9,16H,10-15H2,1H3,(H,27,31). The predicted molar refractivity (Wildman–Crippen MR) is 139 cm³/mol. The van der Waals surface area contributed by atoms with Crippen molar-refractivity contribution >= 4 is 60.0 Å². The molecule has 1 aliphatic heterocycles. The largest absolute Gasteiger partial charge is 0.495 e. The monoisotopic (exact) mass is 524 g/mol. The van der Waals surface area contributed by atoms with Gasteiger partial charge in [0.15, 0.2) is 0 Å². The summed E-state index contributed by atoms with van der Waals surface area (Å²) >= 11 is 5.16. The van der Waals surface area contributed by atoms with Crippen LogP contribution in [0.15, 0.2) is 59.1 Å². The van der Waals surface area contributed by atoms with E-state index in [0.29, 0.717) is 17.9 Å². The van der Waals surface area contributed by atoms with E-state index in [1.807, 2.05) is 30.3 Å². The summed E-state index contributed by atoms with van der Waals surface area (Å²) in [4.78, 5) is 17.7. The molecule has 4 aromatic rings. The molecule has 5 rings (SSSR count). The summed E-state index contributed by atoms with van der Waals surface area (Å²) in [7, 11) is 1.61. The maximum Gasteiger partial charge on any atom is 0.255 e. The van der Waals surface area contributed by atoms with Crippen LogP contribution in [0.3, 0.4) is 0 Å². The average Bonchev–Trinajstić information content (AvgIpc) is 3.29. The second kappa shape index (κ2) is 9.67. The topological polar surface area (TPSA) is 57.7 Å². The molecule has 0 saturated carbocycles. The number of aromatic nitrogens is 1. The van der Waals surface area contributed by atoms with Gasteiger partial charge in [0.2, 0.25) is 0 Å². The van der Waals surface area contributed by atoms with E-state index in [1.165, 1.54) is 10.1 Å². The van der Waals surface area contributed by atoms with E-state index in [1.54, 1.807) is 18.6 Å². The molecular formula is C25H25BrN4O2S. The van der Waals surface area contributed by atoms with Crippen molar-refractivity contribution in [2.75, 3.05) is 51.3 Å². The first-order valence-corrected chi connectivity index (χ1v) is 12.6. The molecule has 2 heterocycles. The van der Waals surface area contributed by atoms with E-state index >= 15 is 0 Å². The molecule has 8 heteroatoms. The van der Waals surface area contributed by atoms with Crippen molar-refractivity contribution in [3.05, 3.63) is 64.6 Å². The lowest BCUT2D eigenvalue weighted by Gasteiger charge is -2.35. The second-order valence-electron chi connectivity index (χ2n) is 8.07. The zero-order valence-electron chi connectivity index (χ0n) is 18.4. The van der Waals surface area contributed by atoms with Crippen molar-refractivity contribution in [1.82, 2.24) is 14.6 Å². The third-order valence-electron chi connectivity index (χ3n) is 6.14. The Labute approximate surface area is 205 Å². The van der Waals surface area contributed by atoms with Gasteiger partial charge in [0.25, 0.3) is 5.91 Å². The third-order valence-corrected chi connectivity index (χ3v) is 7.61. The minimum Gasteiger partial charge on any atom is -0.495 e. The fourth-order valence-electron chi connectivity index (χ4n) is 4.40. The fraction of sp³-hybridized carbons (Fsp3) is 0.280. The number of fused-ring (bicyclic) bond motifs is 2. The normalized spacial score (nSPS) is 14.7. The molecule has 0 atom stereocenters. The third kappa shape index (κ3) is 4.43. The first kappa shape index (κ1) is 22.1. The Morgan fingerprint density at radius 2 is 1.76 bits per heavy atom. The van der Waals surface area contributed by atoms with Crippen LogP contribution >= 0.6 is 27.5 Å². The van der Waals surface area contributed by atoms with Crippen molar-refractivity contribution in [2.24, 2.45) is 0 Å². The van der Waals surface area contributed by atoms with Gasteiger partial charge in [-0.2, -0.15) is 4.37 Å². The highest BCUT2D eigenvalue weighted by Crippen LogP contribution is 2.35. The molecule has 1 amide bonds. The molecule has 33 heavy (non-hydrogen) atoms. The van der Waals surface area contributed by atoms with Crippen LogP contribution < -0.4 is 15.0 Å². The minimum atomic E-state index is -0.120. The smallest absolute Gasteiger partial charge is 0.255 e. The zero-order valence-corrected chi connectivity index (χ0v) is 20.8. The highest BCUT2D eigenvalue weighted by Gasteiger charge is 2.21. The number of rotatable bonds is 6. The molecule has 0 unspecified atom stereocenters. The summed E-state index contributed by atoms with van der Waals surface area (Å²) in [5, 5.41) is 6.25. The van der Waals surface area contributed by atoms with Gasteiger partial charge in [-0.1, -0.05) is 52.3 Å². The number of piperazine rings is 1. The maximum atomic E-state index is 12.9. The summed E-state index contributed by atoms with van der Waals surface area (Å²) in [5.74, 6) is 1.58. The van der Waals surface area contributed by atoms with Crippen LogP contribution in [-0.4, -0.2) is 61.6 Å². The Bertz CT molecular complexity index is 1300. The van der Waals surface area contributed by atoms with Gasteiger partial charge >= 0.3 is 0 Å². The zero-order chi connectivity index (χ0) is 22.8. The van der Waals surface area contributed by atoms with Gasteiger partial charge in [0.1, 0.15) is 11.6 Å². The minimum absolute atomic E-state index is 0.120. The molecule has 0 aliphatic carbocycles. The van der Waals surface area contributed by atoms with Crippen molar-refractivity contribution in [3.63, 3.8) is 0 Å². The van der Waals surface area contributed by atoms with Crippen molar-refractivity contribution in [2.45, 2.75) is 0 Å². The van der Waals surface area contributed by atoms with Gasteiger partial charge in [-0.05, 0) is 35.1 Å². The first-order chi connectivity index (χ1) is 16.2. The molecule has 0 bridgehead atoms. The molecular weight excluding hydrogens is 500 g/mol. The van der Waals surface area contributed by atoms with Gasteiger partial charge < -0.3 is 15.0 Å². The van der Waals surface area contributed by atoms with Gasteiger partial charge in [-0.15, -0.1) is 0 Å². The summed E-state index contributed by atoms with van der Waals surface area (Å²) in [6.07, 6.45) is 0.